The summed E-state index contributed by atoms with van der Waals surface area (Å²) < 4.78 is 6.89. The van der Waals surface area contributed by atoms with E-state index in [9.17, 15) is 9.90 Å². The molecule has 134 valence electrons. The van der Waals surface area contributed by atoms with Crippen molar-refractivity contribution in [3.63, 3.8) is 0 Å². The molecule has 2 fully saturated rings. The Morgan fingerprint density at radius 3 is 2.35 bits per heavy atom. The molecule has 0 spiro atoms. The molecule has 0 radical (unpaired) electrons. The summed E-state index contributed by atoms with van der Waals surface area (Å²) in [5.41, 5.74) is 0.163. The van der Waals surface area contributed by atoms with Gasteiger partial charge in [-0.2, -0.15) is 0 Å². The molecule has 2 aliphatic carbocycles. The van der Waals surface area contributed by atoms with Crippen molar-refractivity contribution in [2.45, 2.75) is 91.0 Å². The topological polar surface area (TPSA) is 46.5 Å². The maximum absolute atomic E-state index is 11.5. The van der Waals surface area contributed by atoms with Gasteiger partial charge in [0.15, 0.2) is 8.32 Å². The highest BCUT2D eigenvalue weighted by molar-refractivity contribution is 6.73. The summed E-state index contributed by atoms with van der Waals surface area (Å²) in [6.07, 6.45) is 6.16. The Bertz CT molecular complexity index is 413. The van der Waals surface area contributed by atoms with Crippen molar-refractivity contribution in [1.82, 2.24) is 0 Å². The number of carboxylic acids is 1. The summed E-state index contributed by atoms with van der Waals surface area (Å²) in [6.45, 7) is 11.2. The quantitative estimate of drug-likeness (QED) is 0.638. The fourth-order valence-corrected chi connectivity index (χ4v) is 8.54. The number of rotatable bonds is 7. The van der Waals surface area contributed by atoms with Gasteiger partial charge in [-0.15, -0.1) is 0 Å². The lowest BCUT2D eigenvalue weighted by molar-refractivity contribution is -0.145. The normalized spacial score (nSPS) is 35.8. The Balaban J connectivity index is 2.19. The molecule has 2 unspecified atom stereocenters. The molecular weight excluding hydrogens is 304 g/mol. The summed E-state index contributed by atoms with van der Waals surface area (Å²) in [5, 5.41) is 9.49. The molecular formula is C19H36O3Si. The van der Waals surface area contributed by atoms with Crippen LogP contribution in [0.1, 0.15) is 66.7 Å². The van der Waals surface area contributed by atoms with Gasteiger partial charge in [0.25, 0.3) is 0 Å². The fraction of sp³-hybridized carbons (Fsp3) is 0.947. The van der Waals surface area contributed by atoms with Crippen LogP contribution < -0.4 is 0 Å². The van der Waals surface area contributed by atoms with E-state index >= 15 is 0 Å². The number of aliphatic carboxylic acids is 1. The minimum Gasteiger partial charge on any atom is -0.481 e. The van der Waals surface area contributed by atoms with Crippen molar-refractivity contribution in [2.24, 2.45) is 23.2 Å². The second-order valence-corrected chi connectivity index (χ2v) is 12.9. The SMILES string of the molecule is CC[Si](CC)(CC)OC1CCC[C@@]2(C)C1CC[C@@H]2[C@H](C)C(=O)O. The van der Waals surface area contributed by atoms with Crippen LogP contribution >= 0.6 is 0 Å². The van der Waals surface area contributed by atoms with E-state index in [1.807, 2.05) is 6.92 Å². The minimum atomic E-state index is -1.58. The fourth-order valence-electron chi connectivity index (χ4n) is 5.62. The average Bonchev–Trinajstić information content (AvgIpc) is 2.89. The Morgan fingerprint density at radius 1 is 1.22 bits per heavy atom. The Labute approximate surface area is 143 Å². The third kappa shape index (κ3) is 3.39. The van der Waals surface area contributed by atoms with Gasteiger partial charge < -0.3 is 9.53 Å². The Hall–Kier alpha value is -0.353. The van der Waals surface area contributed by atoms with Crippen LogP contribution in [-0.4, -0.2) is 25.5 Å². The molecule has 0 aromatic rings. The molecule has 0 amide bonds. The first-order valence-electron chi connectivity index (χ1n) is 9.74. The van der Waals surface area contributed by atoms with Gasteiger partial charge in [-0.1, -0.05) is 41.0 Å². The van der Waals surface area contributed by atoms with Crippen molar-refractivity contribution >= 4 is 14.3 Å². The lowest BCUT2D eigenvalue weighted by atomic mass is 9.62. The molecule has 2 saturated carbocycles. The molecule has 5 atom stereocenters. The van der Waals surface area contributed by atoms with Crippen LogP contribution in [0.15, 0.2) is 0 Å². The maximum atomic E-state index is 11.5. The van der Waals surface area contributed by atoms with Crippen molar-refractivity contribution in [3.8, 4) is 0 Å². The van der Waals surface area contributed by atoms with Gasteiger partial charge in [-0.05, 0) is 61.1 Å². The minimum absolute atomic E-state index is 0.163. The van der Waals surface area contributed by atoms with Crippen molar-refractivity contribution in [2.75, 3.05) is 0 Å². The first-order chi connectivity index (χ1) is 10.8. The van der Waals surface area contributed by atoms with Gasteiger partial charge in [0.05, 0.1) is 5.92 Å². The zero-order valence-corrected chi connectivity index (χ0v) is 16.7. The van der Waals surface area contributed by atoms with Gasteiger partial charge in [-0.3, -0.25) is 4.79 Å². The molecule has 1 N–H and O–H groups in total. The Kier molecular flexibility index (Phi) is 5.99. The number of hydrogen-bond acceptors (Lipinski definition) is 2. The van der Waals surface area contributed by atoms with Crippen molar-refractivity contribution in [3.05, 3.63) is 0 Å². The van der Waals surface area contributed by atoms with Gasteiger partial charge >= 0.3 is 5.97 Å². The molecule has 0 aliphatic heterocycles. The largest absolute Gasteiger partial charge is 0.481 e. The van der Waals surface area contributed by atoms with Crippen LogP contribution in [0, 0.1) is 23.2 Å². The van der Waals surface area contributed by atoms with Gasteiger partial charge in [0.1, 0.15) is 0 Å². The highest BCUT2D eigenvalue weighted by Gasteiger charge is 2.54. The molecule has 2 aliphatic rings. The maximum Gasteiger partial charge on any atom is 0.306 e. The van der Waals surface area contributed by atoms with Gasteiger partial charge in [-0.25, -0.2) is 0 Å². The van der Waals surface area contributed by atoms with E-state index in [-0.39, 0.29) is 11.3 Å². The zero-order valence-electron chi connectivity index (χ0n) is 15.7. The van der Waals surface area contributed by atoms with Crippen LogP contribution in [0.3, 0.4) is 0 Å². The third-order valence-corrected chi connectivity index (χ3v) is 12.1. The molecule has 3 nitrogen and oxygen atoms in total. The van der Waals surface area contributed by atoms with Crippen LogP contribution in [0.2, 0.25) is 18.1 Å². The van der Waals surface area contributed by atoms with E-state index in [2.05, 4.69) is 27.7 Å². The van der Waals surface area contributed by atoms with E-state index in [0.717, 1.165) is 12.8 Å². The summed E-state index contributed by atoms with van der Waals surface area (Å²) in [4.78, 5) is 11.5. The molecule has 0 saturated heterocycles. The van der Waals surface area contributed by atoms with Gasteiger partial charge in [0, 0.05) is 6.10 Å². The first-order valence-corrected chi connectivity index (χ1v) is 12.3. The van der Waals surface area contributed by atoms with E-state index in [4.69, 9.17) is 4.43 Å². The molecule has 0 aromatic heterocycles. The van der Waals surface area contributed by atoms with Crippen molar-refractivity contribution < 1.29 is 14.3 Å². The number of hydrogen-bond donors (Lipinski definition) is 1. The standard InChI is InChI=1S/C19H36O3Si/c1-6-23(7-2,8-3)22-17-10-9-13-19(5)15(11-12-16(17)19)14(4)18(20)21/h14-17H,6-13H2,1-5H3,(H,20,21)/t14-,15+,16?,17?,19+/m0/s1. The second kappa shape index (κ2) is 7.26. The molecule has 0 heterocycles. The lowest BCUT2D eigenvalue weighted by Crippen LogP contribution is -2.49. The predicted molar refractivity (Wildman–Crippen MR) is 97.0 cm³/mol. The van der Waals surface area contributed by atoms with Crippen LogP contribution in [0.5, 0.6) is 0 Å². The molecule has 23 heavy (non-hydrogen) atoms. The van der Waals surface area contributed by atoms with Crippen molar-refractivity contribution in [1.29, 1.82) is 0 Å². The highest BCUT2D eigenvalue weighted by atomic mass is 28.4. The molecule has 2 rings (SSSR count). The monoisotopic (exact) mass is 340 g/mol. The zero-order chi connectivity index (χ0) is 17.3. The lowest BCUT2D eigenvalue weighted by Gasteiger charge is -2.48. The van der Waals surface area contributed by atoms with E-state index in [1.165, 1.54) is 37.4 Å². The van der Waals surface area contributed by atoms with Crippen LogP contribution in [0.4, 0.5) is 0 Å². The van der Waals surface area contributed by atoms with E-state index < -0.39 is 14.3 Å². The van der Waals surface area contributed by atoms with Crippen LogP contribution in [-0.2, 0) is 9.22 Å². The predicted octanol–water partition coefficient (Wildman–Crippen LogP) is 5.31. The highest BCUT2D eigenvalue weighted by Crippen LogP contribution is 2.58. The summed E-state index contributed by atoms with van der Waals surface area (Å²) in [7, 11) is -1.58. The summed E-state index contributed by atoms with van der Waals surface area (Å²) >= 11 is 0. The Morgan fingerprint density at radius 2 is 1.83 bits per heavy atom. The molecule has 0 aromatic carbocycles. The van der Waals surface area contributed by atoms with Crippen LogP contribution in [0.25, 0.3) is 0 Å². The number of carboxylic acid groups (broad SMARTS) is 1. The first kappa shape index (κ1) is 19.0. The molecule has 4 heteroatoms. The second-order valence-electron chi connectivity index (χ2n) is 8.22. The van der Waals surface area contributed by atoms with E-state index in [1.54, 1.807) is 0 Å². The number of carbonyl (C=O) groups is 1. The van der Waals surface area contributed by atoms with Gasteiger partial charge in [0.2, 0.25) is 0 Å². The third-order valence-electron chi connectivity index (χ3n) is 7.46. The molecule has 0 bridgehead atoms. The summed E-state index contributed by atoms with van der Waals surface area (Å²) in [5.74, 6) is 0.0329. The van der Waals surface area contributed by atoms with E-state index in [0.29, 0.717) is 17.9 Å². The summed E-state index contributed by atoms with van der Waals surface area (Å²) in [6, 6.07) is 3.61. The number of fused-ring (bicyclic) bond motifs is 1. The smallest absolute Gasteiger partial charge is 0.306 e. The average molecular weight is 341 g/mol.